The Morgan fingerprint density at radius 1 is 1.21 bits per heavy atom. The van der Waals surface area contributed by atoms with Crippen molar-refractivity contribution in [3.63, 3.8) is 0 Å². The van der Waals surface area contributed by atoms with Gasteiger partial charge in [-0.2, -0.15) is 0 Å². The van der Waals surface area contributed by atoms with E-state index in [1.54, 1.807) is 0 Å². The number of fused-ring (bicyclic) bond motifs is 1. The van der Waals surface area contributed by atoms with Crippen LogP contribution in [0, 0.1) is 11.6 Å². The number of hydrogen-bond donors (Lipinski definition) is 0. The normalized spacial score (nSPS) is 21.5. The van der Waals surface area contributed by atoms with E-state index in [0.717, 1.165) is 37.3 Å². The van der Waals surface area contributed by atoms with Crippen molar-refractivity contribution in [2.75, 3.05) is 0 Å². The molecule has 1 unspecified atom stereocenters. The van der Waals surface area contributed by atoms with Crippen LogP contribution in [0.15, 0.2) is 12.1 Å². The Kier molecular flexibility index (Phi) is 2.86. The molecule has 1 aromatic carbocycles. The fourth-order valence-electron chi connectivity index (χ4n) is 1.95. The minimum Gasteiger partial charge on any atom is -0.207 e. The van der Waals surface area contributed by atoms with Gasteiger partial charge in [0.15, 0.2) is 0 Å². The molecule has 0 fully saturated rings. The van der Waals surface area contributed by atoms with Gasteiger partial charge in [0, 0.05) is 10.9 Å². The molecular weight excluding hydrogens is 250 g/mol. The van der Waals surface area contributed by atoms with Crippen molar-refractivity contribution in [2.24, 2.45) is 0 Å². The number of alkyl halides is 1. The Hall–Kier alpha value is -0.440. The van der Waals surface area contributed by atoms with Crippen LogP contribution < -0.4 is 0 Å². The number of hydrogen-bond acceptors (Lipinski definition) is 0. The molecular formula is C11H11BrF2. The van der Waals surface area contributed by atoms with Gasteiger partial charge >= 0.3 is 0 Å². The fraction of sp³-hybridized carbons (Fsp3) is 0.455. The van der Waals surface area contributed by atoms with E-state index in [9.17, 15) is 8.78 Å². The Morgan fingerprint density at radius 2 is 2.00 bits per heavy atom. The van der Waals surface area contributed by atoms with E-state index in [-0.39, 0.29) is 4.83 Å². The van der Waals surface area contributed by atoms with Crippen LogP contribution in [0.3, 0.4) is 0 Å². The SMILES string of the molecule is Fc1cc(F)c2c(c1)C(Br)CCCC2. The first kappa shape index (κ1) is 10.1. The van der Waals surface area contributed by atoms with Gasteiger partial charge in [-0.25, -0.2) is 8.78 Å². The molecule has 1 aliphatic rings. The van der Waals surface area contributed by atoms with Crippen molar-refractivity contribution in [1.29, 1.82) is 0 Å². The molecule has 76 valence electrons. The van der Waals surface area contributed by atoms with Gasteiger partial charge in [0.2, 0.25) is 0 Å². The third-order valence-corrected chi connectivity index (χ3v) is 3.62. The zero-order valence-electron chi connectivity index (χ0n) is 7.69. The summed E-state index contributed by atoms with van der Waals surface area (Å²) < 4.78 is 26.4. The first-order valence-corrected chi connectivity index (χ1v) is 5.72. The summed E-state index contributed by atoms with van der Waals surface area (Å²) in [5.74, 6) is -0.876. The van der Waals surface area contributed by atoms with Gasteiger partial charge in [-0.15, -0.1) is 0 Å². The minimum absolute atomic E-state index is 0.102. The summed E-state index contributed by atoms with van der Waals surface area (Å²) in [5, 5.41) is 0. The lowest BCUT2D eigenvalue weighted by molar-refractivity contribution is 0.568. The van der Waals surface area contributed by atoms with E-state index in [4.69, 9.17) is 0 Å². The maximum atomic E-state index is 13.4. The first-order chi connectivity index (χ1) is 6.68. The standard InChI is InChI=1S/C11H11BrF2/c12-10-4-2-1-3-8-9(10)5-7(13)6-11(8)14/h5-6,10H,1-4H2. The predicted molar refractivity (Wildman–Crippen MR) is 55.6 cm³/mol. The molecule has 0 spiro atoms. The molecule has 1 aromatic rings. The fourth-order valence-corrected chi connectivity index (χ4v) is 2.68. The zero-order valence-corrected chi connectivity index (χ0v) is 9.28. The quantitative estimate of drug-likeness (QED) is 0.486. The molecule has 0 saturated carbocycles. The van der Waals surface area contributed by atoms with E-state index < -0.39 is 11.6 Å². The molecule has 0 nitrogen and oxygen atoms in total. The second-order valence-corrected chi connectivity index (χ2v) is 4.77. The monoisotopic (exact) mass is 260 g/mol. The molecule has 0 heterocycles. The minimum atomic E-state index is -0.479. The van der Waals surface area contributed by atoms with Gasteiger partial charge in [-0.1, -0.05) is 22.4 Å². The van der Waals surface area contributed by atoms with E-state index in [0.29, 0.717) is 5.56 Å². The van der Waals surface area contributed by atoms with Crippen LogP contribution >= 0.6 is 15.9 Å². The highest BCUT2D eigenvalue weighted by Crippen LogP contribution is 2.36. The lowest BCUT2D eigenvalue weighted by Crippen LogP contribution is -1.98. The van der Waals surface area contributed by atoms with Crippen LogP contribution in [0.4, 0.5) is 8.78 Å². The molecule has 0 amide bonds. The largest absolute Gasteiger partial charge is 0.207 e. The van der Waals surface area contributed by atoms with Crippen LogP contribution in [-0.2, 0) is 6.42 Å². The van der Waals surface area contributed by atoms with Crippen LogP contribution in [0.1, 0.15) is 35.2 Å². The van der Waals surface area contributed by atoms with Gasteiger partial charge in [0.1, 0.15) is 11.6 Å². The molecule has 0 aromatic heterocycles. The second-order valence-electron chi connectivity index (χ2n) is 3.67. The van der Waals surface area contributed by atoms with E-state index in [1.165, 1.54) is 6.07 Å². The highest BCUT2D eigenvalue weighted by Gasteiger charge is 2.19. The Morgan fingerprint density at radius 3 is 2.79 bits per heavy atom. The number of benzene rings is 1. The smallest absolute Gasteiger partial charge is 0.129 e. The lowest BCUT2D eigenvalue weighted by atomic mass is 10.0. The van der Waals surface area contributed by atoms with Gasteiger partial charge in [0.05, 0.1) is 0 Å². The lowest BCUT2D eigenvalue weighted by Gasteiger charge is -2.11. The molecule has 0 aliphatic heterocycles. The molecule has 2 rings (SSSR count). The van der Waals surface area contributed by atoms with E-state index in [1.807, 2.05) is 0 Å². The van der Waals surface area contributed by atoms with Crippen LogP contribution in [0.5, 0.6) is 0 Å². The van der Waals surface area contributed by atoms with Gasteiger partial charge in [0.25, 0.3) is 0 Å². The van der Waals surface area contributed by atoms with Crippen molar-refractivity contribution < 1.29 is 8.78 Å². The topological polar surface area (TPSA) is 0 Å². The number of halogens is 3. The van der Waals surface area contributed by atoms with Crippen molar-refractivity contribution in [2.45, 2.75) is 30.5 Å². The van der Waals surface area contributed by atoms with Gasteiger partial charge in [-0.3, -0.25) is 0 Å². The first-order valence-electron chi connectivity index (χ1n) is 4.80. The summed E-state index contributed by atoms with van der Waals surface area (Å²) >= 11 is 3.47. The van der Waals surface area contributed by atoms with Crippen molar-refractivity contribution in [1.82, 2.24) is 0 Å². The summed E-state index contributed by atoms with van der Waals surface area (Å²) in [6, 6.07) is 2.42. The molecule has 0 N–H and O–H groups in total. The van der Waals surface area contributed by atoms with Gasteiger partial charge in [-0.05, 0) is 36.5 Å². The van der Waals surface area contributed by atoms with Crippen LogP contribution in [0.2, 0.25) is 0 Å². The van der Waals surface area contributed by atoms with Gasteiger partial charge < -0.3 is 0 Å². The highest BCUT2D eigenvalue weighted by atomic mass is 79.9. The zero-order chi connectivity index (χ0) is 10.1. The molecule has 3 heteroatoms. The van der Waals surface area contributed by atoms with E-state index >= 15 is 0 Å². The van der Waals surface area contributed by atoms with Crippen molar-refractivity contribution >= 4 is 15.9 Å². The maximum absolute atomic E-state index is 13.4. The Bertz CT molecular complexity index is 349. The molecule has 14 heavy (non-hydrogen) atoms. The van der Waals surface area contributed by atoms with E-state index in [2.05, 4.69) is 15.9 Å². The Labute approximate surface area is 90.4 Å². The van der Waals surface area contributed by atoms with Crippen LogP contribution in [0.25, 0.3) is 0 Å². The average Bonchev–Trinajstić information content (AvgIpc) is 2.29. The molecule has 0 saturated heterocycles. The summed E-state index contributed by atoms with van der Waals surface area (Å²) in [7, 11) is 0. The predicted octanol–water partition coefficient (Wildman–Crippen LogP) is 4.13. The highest BCUT2D eigenvalue weighted by molar-refractivity contribution is 9.09. The summed E-state index contributed by atoms with van der Waals surface area (Å²) in [6.07, 6.45) is 3.72. The number of rotatable bonds is 0. The molecule has 1 atom stereocenters. The summed E-state index contributed by atoms with van der Waals surface area (Å²) in [5.41, 5.74) is 1.48. The molecule has 1 aliphatic carbocycles. The maximum Gasteiger partial charge on any atom is 0.129 e. The van der Waals surface area contributed by atoms with Crippen LogP contribution in [-0.4, -0.2) is 0 Å². The van der Waals surface area contributed by atoms with Crippen molar-refractivity contribution in [3.8, 4) is 0 Å². The molecule has 0 radical (unpaired) electrons. The Balaban J connectivity index is 2.53. The average molecular weight is 261 g/mol. The third-order valence-electron chi connectivity index (χ3n) is 2.67. The summed E-state index contributed by atoms with van der Waals surface area (Å²) in [4.78, 5) is 0.102. The summed E-state index contributed by atoms with van der Waals surface area (Å²) in [6.45, 7) is 0. The van der Waals surface area contributed by atoms with Crippen molar-refractivity contribution in [3.05, 3.63) is 34.9 Å². The molecule has 0 bridgehead atoms. The second kappa shape index (κ2) is 3.97. The third kappa shape index (κ3) is 1.83.